The highest BCUT2D eigenvalue weighted by molar-refractivity contribution is 9.11. The minimum Gasteiger partial charge on any atom is -0.495 e. The van der Waals surface area contributed by atoms with E-state index < -0.39 is 6.09 Å². The zero-order chi connectivity index (χ0) is 16.3. The SMILES string of the molecule is COc1ccc(NC(=O)Oc2c(Br)cc(C)cc2Br)cc1Cl. The molecule has 22 heavy (non-hydrogen) atoms. The molecule has 0 radical (unpaired) electrons. The summed E-state index contributed by atoms with van der Waals surface area (Å²) in [6.45, 7) is 1.94. The summed E-state index contributed by atoms with van der Waals surface area (Å²) < 4.78 is 11.7. The average molecular weight is 450 g/mol. The lowest BCUT2D eigenvalue weighted by molar-refractivity contribution is 0.214. The molecule has 0 saturated carbocycles. The number of carbonyl (C=O) groups excluding carboxylic acids is 1. The normalized spacial score (nSPS) is 10.2. The molecule has 0 unspecified atom stereocenters. The molecule has 1 amide bonds. The van der Waals surface area contributed by atoms with Crippen molar-refractivity contribution in [1.82, 2.24) is 0 Å². The molecule has 0 bridgehead atoms. The van der Waals surface area contributed by atoms with Gasteiger partial charge in [0.25, 0.3) is 0 Å². The van der Waals surface area contributed by atoms with E-state index in [1.807, 2.05) is 19.1 Å². The van der Waals surface area contributed by atoms with Crippen LogP contribution in [0.3, 0.4) is 0 Å². The van der Waals surface area contributed by atoms with E-state index in [0.717, 1.165) is 5.56 Å². The highest BCUT2D eigenvalue weighted by atomic mass is 79.9. The Labute approximate surface area is 150 Å². The molecule has 0 aliphatic heterocycles. The fourth-order valence-electron chi connectivity index (χ4n) is 1.76. The zero-order valence-electron chi connectivity index (χ0n) is 11.7. The maximum atomic E-state index is 12.0. The third kappa shape index (κ3) is 4.15. The average Bonchev–Trinajstić information content (AvgIpc) is 2.43. The Morgan fingerprint density at radius 2 is 1.82 bits per heavy atom. The van der Waals surface area contributed by atoms with Crippen molar-refractivity contribution >= 4 is 55.2 Å². The third-order valence-electron chi connectivity index (χ3n) is 2.74. The van der Waals surface area contributed by atoms with Gasteiger partial charge in [-0.15, -0.1) is 0 Å². The lowest BCUT2D eigenvalue weighted by Crippen LogP contribution is -2.17. The van der Waals surface area contributed by atoms with Gasteiger partial charge in [-0.25, -0.2) is 4.79 Å². The second-order valence-corrected chi connectivity index (χ2v) is 6.54. The van der Waals surface area contributed by atoms with E-state index in [-0.39, 0.29) is 0 Å². The van der Waals surface area contributed by atoms with E-state index in [0.29, 0.717) is 31.2 Å². The smallest absolute Gasteiger partial charge is 0.417 e. The number of carbonyl (C=O) groups is 1. The number of ether oxygens (including phenoxy) is 2. The van der Waals surface area contributed by atoms with Crippen molar-refractivity contribution in [2.24, 2.45) is 0 Å². The van der Waals surface area contributed by atoms with Crippen molar-refractivity contribution in [3.63, 3.8) is 0 Å². The number of aryl methyl sites for hydroxylation is 1. The number of hydrogen-bond acceptors (Lipinski definition) is 3. The molecule has 0 spiro atoms. The number of methoxy groups -OCH3 is 1. The molecule has 0 heterocycles. The Bertz CT molecular complexity index is 699. The van der Waals surface area contributed by atoms with Gasteiger partial charge in [0.1, 0.15) is 5.75 Å². The van der Waals surface area contributed by atoms with Gasteiger partial charge in [-0.1, -0.05) is 11.6 Å². The summed E-state index contributed by atoms with van der Waals surface area (Å²) in [5, 5.41) is 3.01. The summed E-state index contributed by atoms with van der Waals surface area (Å²) in [6, 6.07) is 8.64. The van der Waals surface area contributed by atoms with E-state index in [2.05, 4.69) is 37.2 Å². The van der Waals surface area contributed by atoms with Crippen molar-refractivity contribution in [3.8, 4) is 11.5 Å². The van der Waals surface area contributed by atoms with Gasteiger partial charge in [-0.2, -0.15) is 0 Å². The molecule has 2 aromatic rings. The number of benzene rings is 2. The van der Waals surface area contributed by atoms with Crippen molar-refractivity contribution in [1.29, 1.82) is 0 Å². The van der Waals surface area contributed by atoms with Gasteiger partial charge in [0.15, 0.2) is 5.75 Å². The first-order valence-corrected chi connectivity index (χ1v) is 8.15. The van der Waals surface area contributed by atoms with Crippen LogP contribution >= 0.6 is 43.5 Å². The molecule has 1 N–H and O–H groups in total. The number of rotatable bonds is 3. The largest absolute Gasteiger partial charge is 0.495 e. The number of nitrogens with one attached hydrogen (secondary N) is 1. The van der Waals surface area contributed by atoms with Crippen LogP contribution in [0.1, 0.15) is 5.56 Å². The first kappa shape index (κ1) is 17.1. The molecular formula is C15H12Br2ClNO3. The molecule has 0 saturated heterocycles. The zero-order valence-corrected chi connectivity index (χ0v) is 15.7. The molecular weight excluding hydrogens is 437 g/mol. The van der Waals surface area contributed by atoms with E-state index in [1.165, 1.54) is 7.11 Å². The van der Waals surface area contributed by atoms with Gasteiger partial charge in [-0.05, 0) is 74.7 Å². The van der Waals surface area contributed by atoms with E-state index in [9.17, 15) is 4.79 Å². The van der Waals surface area contributed by atoms with Crippen molar-refractivity contribution in [3.05, 3.63) is 49.9 Å². The van der Waals surface area contributed by atoms with Crippen molar-refractivity contribution in [2.75, 3.05) is 12.4 Å². The van der Waals surface area contributed by atoms with Crippen LogP contribution in [0.2, 0.25) is 5.02 Å². The molecule has 0 atom stereocenters. The highest BCUT2D eigenvalue weighted by Gasteiger charge is 2.13. The molecule has 4 nitrogen and oxygen atoms in total. The van der Waals surface area contributed by atoms with Gasteiger partial charge >= 0.3 is 6.09 Å². The molecule has 0 aromatic heterocycles. The van der Waals surface area contributed by atoms with Crippen LogP contribution in [0, 0.1) is 6.92 Å². The summed E-state index contributed by atoms with van der Waals surface area (Å²) in [5.74, 6) is 0.937. The quantitative estimate of drug-likeness (QED) is 0.645. The second kappa shape index (κ2) is 7.35. The predicted octanol–water partition coefficient (Wildman–Crippen LogP) is 5.79. The minimum atomic E-state index is -0.619. The number of halogens is 3. The fraction of sp³-hybridized carbons (Fsp3) is 0.133. The Morgan fingerprint density at radius 3 is 2.36 bits per heavy atom. The van der Waals surface area contributed by atoms with Crippen molar-refractivity contribution in [2.45, 2.75) is 6.92 Å². The van der Waals surface area contributed by atoms with Gasteiger partial charge < -0.3 is 9.47 Å². The van der Waals surface area contributed by atoms with E-state index >= 15 is 0 Å². The fourth-order valence-corrected chi connectivity index (χ4v) is 3.60. The van der Waals surface area contributed by atoms with Gasteiger partial charge in [0, 0.05) is 5.69 Å². The summed E-state index contributed by atoms with van der Waals surface area (Å²) >= 11 is 12.7. The standard InChI is InChI=1S/C15H12Br2ClNO3/c1-8-5-10(16)14(11(17)6-8)22-15(20)19-9-3-4-13(21-2)12(18)7-9/h3-7H,1-2H3,(H,19,20). The van der Waals surface area contributed by atoms with Gasteiger partial charge in [0.05, 0.1) is 21.1 Å². The van der Waals surface area contributed by atoms with Crippen LogP contribution in [0.25, 0.3) is 0 Å². The molecule has 0 aliphatic carbocycles. The van der Waals surface area contributed by atoms with Crippen molar-refractivity contribution < 1.29 is 14.3 Å². The molecule has 2 rings (SSSR count). The first-order chi connectivity index (χ1) is 10.4. The van der Waals surface area contributed by atoms with E-state index in [4.69, 9.17) is 21.1 Å². The maximum absolute atomic E-state index is 12.0. The Morgan fingerprint density at radius 1 is 1.18 bits per heavy atom. The Kier molecular flexibility index (Phi) is 5.72. The topological polar surface area (TPSA) is 47.6 Å². The van der Waals surface area contributed by atoms with Gasteiger partial charge in [0.2, 0.25) is 0 Å². The predicted molar refractivity (Wildman–Crippen MR) is 94.2 cm³/mol. The first-order valence-electron chi connectivity index (χ1n) is 6.18. The number of hydrogen-bond donors (Lipinski definition) is 1. The van der Waals surface area contributed by atoms with Crippen LogP contribution in [0.15, 0.2) is 39.3 Å². The lowest BCUT2D eigenvalue weighted by Gasteiger charge is -2.11. The Hall–Kier alpha value is -1.24. The van der Waals surface area contributed by atoms with Crippen LogP contribution in [-0.4, -0.2) is 13.2 Å². The highest BCUT2D eigenvalue weighted by Crippen LogP contribution is 2.35. The van der Waals surface area contributed by atoms with Gasteiger partial charge in [-0.3, -0.25) is 5.32 Å². The van der Waals surface area contributed by atoms with Crippen LogP contribution in [0.5, 0.6) is 11.5 Å². The number of anilines is 1. The van der Waals surface area contributed by atoms with Crippen LogP contribution in [-0.2, 0) is 0 Å². The minimum absolute atomic E-state index is 0.401. The molecule has 7 heteroatoms. The monoisotopic (exact) mass is 447 g/mol. The van der Waals surface area contributed by atoms with Crippen LogP contribution in [0.4, 0.5) is 10.5 Å². The summed E-state index contributed by atoms with van der Waals surface area (Å²) in [5.41, 5.74) is 1.55. The lowest BCUT2D eigenvalue weighted by atomic mass is 10.2. The summed E-state index contributed by atoms with van der Waals surface area (Å²) in [7, 11) is 1.52. The second-order valence-electron chi connectivity index (χ2n) is 4.42. The van der Waals surface area contributed by atoms with E-state index in [1.54, 1.807) is 18.2 Å². The molecule has 2 aromatic carbocycles. The third-order valence-corrected chi connectivity index (χ3v) is 4.21. The number of amides is 1. The van der Waals surface area contributed by atoms with Crippen LogP contribution < -0.4 is 14.8 Å². The molecule has 0 fully saturated rings. The maximum Gasteiger partial charge on any atom is 0.417 e. The summed E-state index contributed by atoms with van der Waals surface area (Å²) in [6.07, 6.45) is -0.619. The summed E-state index contributed by atoms with van der Waals surface area (Å²) in [4.78, 5) is 12.0. The molecule has 116 valence electrons. The molecule has 0 aliphatic rings. The Balaban J connectivity index is 2.12.